The molecule has 140 valence electrons. The van der Waals surface area contributed by atoms with Crippen molar-refractivity contribution in [1.82, 2.24) is 20.0 Å². The molecule has 1 aromatic heterocycles. The molecule has 0 unspecified atom stereocenters. The lowest BCUT2D eigenvalue weighted by Crippen LogP contribution is -2.42. The Bertz CT molecular complexity index is 901. The summed E-state index contributed by atoms with van der Waals surface area (Å²) in [4.78, 5) is 19.9. The number of aryl methyl sites for hydroxylation is 1. The number of sulfonamides is 1. The van der Waals surface area contributed by atoms with Crippen LogP contribution in [0.2, 0.25) is 0 Å². The minimum absolute atomic E-state index is 0.0970. The highest BCUT2D eigenvalue weighted by Gasteiger charge is 2.24. The molecule has 1 heterocycles. The van der Waals surface area contributed by atoms with Crippen LogP contribution in [0.15, 0.2) is 40.5 Å². The number of nitrogens with zero attached hydrogens (tertiary/aromatic N) is 2. The summed E-state index contributed by atoms with van der Waals surface area (Å²) in [5, 5.41) is 5.87. The van der Waals surface area contributed by atoms with E-state index in [1.807, 2.05) is 29.8 Å². The highest BCUT2D eigenvalue weighted by molar-refractivity contribution is 7.98. The fourth-order valence-electron chi connectivity index (χ4n) is 2.07. The van der Waals surface area contributed by atoms with Crippen LogP contribution in [0.25, 0.3) is 0 Å². The molecule has 8 nitrogen and oxygen atoms in total. The Morgan fingerprint density at radius 3 is 2.62 bits per heavy atom. The zero-order valence-corrected chi connectivity index (χ0v) is 16.5. The van der Waals surface area contributed by atoms with E-state index in [-0.39, 0.29) is 16.8 Å². The van der Waals surface area contributed by atoms with E-state index in [9.17, 15) is 13.2 Å². The Morgan fingerprint density at radius 2 is 2.00 bits per heavy atom. The first-order valence-corrected chi connectivity index (χ1v) is 10.5. The van der Waals surface area contributed by atoms with E-state index >= 15 is 0 Å². The number of thioether (sulfide) groups is 1. The molecule has 0 aliphatic heterocycles. The number of rotatable bonds is 6. The molecule has 0 atom stereocenters. The van der Waals surface area contributed by atoms with Gasteiger partial charge in [-0.3, -0.25) is 0 Å². The van der Waals surface area contributed by atoms with Gasteiger partial charge in [0, 0.05) is 11.7 Å². The van der Waals surface area contributed by atoms with Gasteiger partial charge in [0.05, 0.1) is 6.20 Å². The minimum Gasteiger partial charge on any atom is -0.339 e. The van der Waals surface area contributed by atoms with E-state index in [2.05, 4.69) is 20.6 Å². The largest absolute Gasteiger partial charge is 0.339 e. The quantitative estimate of drug-likeness (QED) is 0.509. The van der Waals surface area contributed by atoms with E-state index in [1.165, 1.54) is 18.0 Å². The van der Waals surface area contributed by atoms with Gasteiger partial charge < -0.3 is 10.6 Å². The van der Waals surface area contributed by atoms with Gasteiger partial charge in [0.15, 0.2) is 11.0 Å². The number of amides is 2. The van der Waals surface area contributed by atoms with Crippen molar-refractivity contribution in [2.45, 2.75) is 36.9 Å². The number of hydrogen-bond donors (Lipinski definition) is 3. The van der Waals surface area contributed by atoms with Crippen LogP contribution in [0.4, 0.5) is 16.3 Å². The first-order valence-electron chi connectivity index (χ1n) is 7.79. The number of aromatic nitrogens is 2. The maximum atomic E-state index is 12.6. The van der Waals surface area contributed by atoms with Gasteiger partial charge in [0.2, 0.25) is 0 Å². The van der Waals surface area contributed by atoms with Crippen LogP contribution < -0.4 is 15.4 Å². The molecule has 0 aliphatic carbocycles. The number of carbonyl (C=O) groups is 1. The van der Waals surface area contributed by atoms with Crippen molar-refractivity contribution >= 4 is 39.3 Å². The third-order valence-corrected chi connectivity index (χ3v) is 5.03. The lowest BCUT2D eigenvalue weighted by molar-refractivity contribution is 0.243. The van der Waals surface area contributed by atoms with E-state index in [0.29, 0.717) is 10.8 Å². The van der Waals surface area contributed by atoms with Crippen molar-refractivity contribution in [2.24, 2.45) is 0 Å². The van der Waals surface area contributed by atoms with E-state index in [1.54, 1.807) is 26.2 Å². The van der Waals surface area contributed by atoms with Gasteiger partial charge in [-0.15, -0.1) is 0 Å². The minimum atomic E-state index is -4.15. The van der Waals surface area contributed by atoms with Gasteiger partial charge in [-0.25, -0.2) is 27.9 Å². The first-order chi connectivity index (χ1) is 12.2. The normalized spacial score (nSPS) is 11.3. The molecule has 0 fully saturated rings. The number of benzene rings is 1. The number of nitrogens with one attached hydrogen (secondary N) is 3. The Kier molecular flexibility index (Phi) is 6.43. The third kappa shape index (κ3) is 5.33. The maximum Gasteiger partial charge on any atom is 0.328 e. The molecule has 0 saturated carbocycles. The Balaban J connectivity index is 2.39. The highest BCUT2D eigenvalue weighted by Crippen LogP contribution is 2.25. The van der Waals surface area contributed by atoms with Crippen molar-refractivity contribution < 1.29 is 13.2 Å². The van der Waals surface area contributed by atoms with Crippen LogP contribution in [-0.2, 0) is 10.0 Å². The van der Waals surface area contributed by atoms with Crippen LogP contribution in [-0.4, -0.2) is 36.7 Å². The summed E-state index contributed by atoms with van der Waals surface area (Å²) >= 11 is 1.28. The fraction of sp³-hybridized carbons (Fsp3) is 0.312. The molecule has 0 radical (unpaired) electrons. The fourth-order valence-corrected chi connectivity index (χ4v) is 3.36. The molecule has 2 rings (SSSR count). The van der Waals surface area contributed by atoms with Gasteiger partial charge in [0.25, 0.3) is 10.0 Å². The molecule has 3 N–H and O–H groups in total. The number of urea groups is 1. The molecule has 0 bridgehead atoms. The molecule has 2 aromatic rings. The first kappa shape index (κ1) is 20.0. The van der Waals surface area contributed by atoms with Gasteiger partial charge >= 0.3 is 6.03 Å². The smallest absolute Gasteiger partial charge is 0.328 e. The summed E-state index contributed by atoms with van der Waals surface area (Å²) in [5.74, 6) is 0.0970. The average Bonchev–Trinajstić information content (AvgIpc) is 2.53. The summed E-state index contributed by atoms with van der Waals surface area (Å²) in [6, 6.07) is 6.41. The molecule has 2 amide bonds. The maximum absolute atomic E-state index is 12.6. The lowest BCUT2D eigenvalue weighted by Gasteiger charge is -2.14. The van der Waals surface area contributed by atoms with Crippen LogP contribution in [0.3, 0.4) is 0 Å². The third-order valence-electron chi connectivity index (χ3n) is 3.13. The molecule has 0 saturated heterocycles. The predicted octanol–water partition coefficient (Wildman–Crippen LogP) is 2.65. The average molecular weight is 396 g/mol. The number of hydrogen-bond acceptors (Lipinski definition) is 7. The van der Waals surface area contributed by atoms with Crippen molar-refractivity contribution in [3.05, 3.63) is 36.0 Å². The Morgan fingerprint density at radius 1 is 1.27 bits per heavy atom. The molecule has 0 aliphatic rings. The molecule has 10 heteroatoms. The van der Waals surface area contributed by atoms with Crippen molar-refractivity contribution in [2.75, 3.05) is 11.6 Å². The molecular weight excluding hydrogens is 374 g/mol. The number of carbonyl (C=O) groups excluding carboxylic acids is 1. The van der Waals surface area contributed by atoms with Gasteiger partial charge in [-0.2, -0.15) is 0 Å². The topological polar surface area (TPSA) is 113 Å². The second-order valence-electron chi connectivity index (χ2n) is 5.80. The molecule has 26 heavy (non-hydrogen) atoms. The van der Waals surface area contributed by atoms with Crippen molar-refractivity contribution in [3.63, 3.8) is 0 Å². The van der Waals surface area contributed by atoms with Crippen molar-refractivity contribution in [1.29, 1.82) is 0 Å². The summed E-state index contributed by atoms with van der Waals surface area (Å²) in [6.07, 6.45) is 2.97. The van der Waals surface area contributed by atoms with Gasteiger partial charge in [-0.05, 0) is 44.7 Å². The van der Waals surface area contributed by atoms with Gasteiger partial charge in [0.1, 0.15) is 4.90 Å². The number of anilines is 2. The van der Waals surface area contributed by atoms with Crippen LogP contribution in [0.1, 0.15) is 19.4 Å². The summed E-state index contributed by atoms with van der Waals surface area (Å²) < 4.78 is 27.2. The summed E-state index contributed by atoms with van der Waals surface area (Å²) in [6.45, 7) is 5.38. The SMILES string of the molecule is CSc1ncc(S(=O)(=O)NC(=O)NC(C)C)c(Nc2cccc(C)c2)n1. The molecule has 0 spiro atoms. The standard InChI is InChI=1S/C16H21N5O3S2/c1-10(2)18-15(22)21-26(23,24)13-9-17-16(25-4)20-14(13)19-12-7-5-6-11(3)8-12/h5-10H,1-4H3,(H,17,19,20)(H2,18,21,22). The highest BCUT2D eigenvalue weighted by atomic mass is 32.2. The molecular formula is C16H21N5O3S2. The summed E-state index contributed by atoms with van der Waals surface area (Å²) in [7, 11) is -4.15. The van der Waals surface area contributed by atoms with E-state index in [0.717, 1.165) is 5.56 Å². The monoisotopic (exact) mass is 395 g/mol. The Hall–Kier alpha value is -2.33. The van der Waals surface area contributed by atoms with Gasteiger partial charge in [-0.1, -0.05) is 23.9 Å². The zero-order valence-electron chi connectivity index (χ0n) is 14.9. The zero-order chi connectivity index (χ0) is 19.3. The summed E-state index contributed by atoms with van der Waals surface area (Å²) in [5.41, 5.74) is 1.69. The predicted molar refractivity (Wildman–Crippen MR) is 102 cm³/mol. The Labute approximate surface area is 157 Å². The van der Waals surface area contributed by atoms with E-state index in [4.69, 9.17) is 0 Å². The second-order valence-corrected chi connectivity index (χ2v) is 8.22. The molecule has 1 aromatic carbocycles. The van der Waals surface area contributed by atoms with Crippen LogP contribution in [0, 0.1) is 6.92 Å². The lowest BCUT2D eigenvalue weighted by atomic mass is 10.2. The van der Waals surface area contributed by atoms with Crippen LogP contribution >= 0.6 is 11.8 Å². The van der Waals surface area contributed by atoms with Crippen LogP contribution in [0.5, 0.6) is 0 Å². The van der Waals surface area contributed by atoms with E-state index < -0.39 is 16.1 Å². The second kappa shape index (κ2) is 8.37. The van der Waals surface area contributed by atoms with Crippen molar-refractivity contribution in [3.8, 4) is 0 Å².